The van der Waals surface area contributed by atoms with Gasteiger partial charge in [0, 0.05) is 25.6 Å². The van der Waals surface area contributed by atoms with Crippen LogP contribution in [0.25, 0.3) is 0 Å². The molecule has 1 atom stereocenters. The number of rotatable bonds is 3. The number of nitrogens with one attached hydrogen (secondary N) is 1. The van der Waals surface area contributed by atoms with Crippen LogP contribution in [0.15, 0.2) is 34.8 Å². The molecule has 0 aliphatic rings. The summed E-state index contributed by atoms with van der Waals surface area (Å²) < 4.78 is 0.998. The van der Waals surface area contributed by atoms with Crippen LogP contribution in [-0.4, -0.2) is 0 Å². The Hall–Kier alpha value is -1.000. The van der Waals surface area contributed by atoms with Crippen LogP contribution < -0.4 is 11.1 Å². The maximum absolute atomic E-state index is 5.72. The second-order valence-corrected chi connectivity index (χ2v) is 6.23. The Kier molecular flexibility index (Phi) is 3.74. The summed E-state index contributed by atoms with van der Waals surface area (Å²) in [4.78, 5) is 2.68. The molecule has 1 aromatic heterocycles. The number of hydrogen-bond acceptors (Lipinski definition) is 3. The van der Waals surface area contributed by atoms with Gasteiger partial charge in [-0.05, 0) is 60.1 Å². The van der Waals surface area contributed by atoms with Gasteiger partial charge < -0.3 is 11.1 Å². The first-order chi connectivity index (χ1) is 8.06. The standard InChI is InChI=1S/C13H15BrN2S/c1-8-3-6-13(17-8)9(2)16-12-5-4-10(15)7-11(12)14/h3-7,9,16H,15H2,1-2H3. The zero-order chi connectivity index (χ0) is 12.4. The van der Waals surface area contributed by atoms with Gasteiger partial charge in [0.2, 0.25) is 0 Å². The summed E-state index contributed by atoms with van der Waals surface area (Å²) in [5.74, 6) is 0. The number of anilines is 2. The Morgan fingerprint density at radius 2 is 2.06 bits per heavy atom. The SMILES string of the molecule is Cc1ccc(C(C)Nc2ccc(N)cc2Br)s1. The highest BCUT2D eigenvalue weighted by molar-refractivity contribution is 9.10. The molecule has 17 heavy (non-hydrogen) atoms. The van der Waals surface area contributed by atoms with Crippen molar-refractivity contribution in [1.29, 1.82) is 0 Å². The number of hydrogen-bond donors (Lipinski definition) is 2. The third kappa shape index (κ3) is 3.01. The van der Waals surface area contributed by atoms with Crippen LogP contribution in [0.4, 0.5) is 11.4 Å². The van der Waals surface area contributed by atoms with Crippen molar-refractivity contribution in [2.75, 3.05) is 11.1 Å². The van der Waals surface area contributed by atoms with Crippen molar-refractivity contribution in [3.8, 4) is 0 Å². The summed E-state index contributed by atoms with van der Waals surface area (Å²) in [5, 5.41) is 3.47. The first-order valence-electron chi connectivity index (χ1n) is 5.44. The molecule has 2 rings (SSSR count). The first-order valence-corrected chi connectivity index (χ1v) is 7.05. The van der Waals surface area contributed by atoms with Gasteiger partial charge in [-0.15, -0.1) is 11.3 Å². The van der Waals surface area contributed by atoms with Gasteiger partial charge in [0.1, 0.15) is 0 Å². The van der Waals surface area contributed by atoms with E-state index in [0.717, 1.165) is 15.8 Å². The molecule has 3 N–H and O–H groups in total. The number of halogens is 1. The molecule has 0 saturated heterocycles. The Labute approximate surface area is 114 Å². The molecule has 0 saturated carbocycles. The molecule has 4 heteroatoms. The highest BCUT2D eigenvalue weighted by atomic mass is 79.9. The molecule has 2 nitrogen and oxygen atoms in total. The number of nitrogens with two attached hydrogens (primary N) is 1. The third-order valence-corrected chi connectivity index (χ3v) is 4.39. The topological polar surface area (TPSA) is 38.0 Å². The van der Waals surface area contributed by atoms with Crippen molar-refractivity contribution in [2.24, 2.45) is 0 Å². The van der Waals surface area contributed by atoms with Gasteiger partial charge in [-0.2, -0.15) is 0 Å². The summed E-state index contributed by atoms with van der Waals surface area (Å²) in [6, 6.07) is 10.4. The minimum atomic E-state index is 0.300. The van der Waals surface area contributed by atoms with Crippen molar-refractivity contribution in [1.82, 2.24) is 0 Å². The molecule has 90 valence electrons. The van der Waals surface area contributed by atoms with E-state index in [9.17, 15) is 0 Å². The fourth-order valence-corrected chi connectivity index (χ4v) is 3.03. The molecule has 0 bridgehead atoms. The zero-order valence-electron chi connectivity index (χ0n) is 9.83. The van der Waals surface area contributed by atoms with Gasteiger partial charge in [-0.1, -0.05) is 0 Å². The maximum atomic E-state index is 5.72. The molecule has 1 unspecified atom stereocenters. The number of benzene rings is 1. The van der Waals surface area contributed by atoms with Crippen LogP contribution in [0.2, 0.25) is 0 Å². The van der Waals surface area contributed by atoms with E-state index in [0.29, 0.717) is 6.04 Å². The summed E-state index contributed by atoms with van der Waals surface area (Å²) in [6.07, 6.45) is 0. The van der Waals surface area contributed by atoms with Gasteiger partial charge in [-0.3, -0.25) is 0 Å². The monoisotopic (exact) mass is 310 g/mol. The molecule has 0 amide bonds. The van der Waals surface area contributed by atoms with Gasteiger partial charge >= 0.3 is 0 Å². The van der Waals surface area contributed by atoms with Crippen molar-refractivity contribution in [3.63, 3.8) is 0 Å². The molecule has 0 aliphatic heterocycles. The molecule has 1 heterocycles. The highest BCUT2D eigenvalue weighted by Crippen LogP contribution is 2.30. The van der Waals surface area contributed by atoms with E-state index < -0.39 is 0 Å². The molecular weight excluding hydrogens is 296 g/mol. The van der Waals surface area contributed by atoms with Crippen LogP contribution in [-0.2, 0) is 0 Å². The van der Waals surface area contributed by atoms with E-state index in [-0.39, 0.29) is 0 Å². The van der Waals surface area contributed by atoms with Gasteiger partial charge in [-0.25, -0.2) is 0 Å². The summed E-state index contributed by atoms with van der Waals surface area (Å²) >= 11 is 5.34. The van der Waals surface area contributed by atoms with E-state index in [1.165, 1.54) is 9.75 Å². The number of aryl methyl sites for hydroxylation is 1. The Morgan fingerprint density at radius 3 is 2.65 bits per heavy atom. The first kappa shape index (κ1) is 12.5. The largest absolute Gasteiger partial charge is 0.399 e. The average molecular weight is 311 g/mol. The number of thiophene rings is 1. The zero-order valence-corrected chi connectivity index (χ0v) is 12.2. The van der Waals surface area contributed by atoms with Crippen LogP contribution in [0.5, 0.6) is 0 Å². The van der Waals surface area contributed by atoms with E-state index in [1.54, 1.807) is 0 Å². The molecule has 0 radical (unpaired) electrons. The summed E-state index contributed by atoms with van der Waals surface area (Å²) in [5.41, 5.74) is 7.55. The van der Waals surface area contributed by atoms with Crippen LogP contribution in [0.1, 0.15) is 22.7 Å². The lowest BCUT2D eigenvalue weighted by atomic mass is 10.2. The molecule has 2 aromatic rings. The quantitative estimate of drug-likeness (QED) is 0.815. The van der Waals surface area contributed by atoms with Gasteiger partial charge in [0.25, 0.3) is 0 Å². The molecule has 1 aromatic carbocycles. The van der Waals surface area contributed by atoms with E-state index in [2.05, 4.69) is 47.2 Å². The van der Waals surface area contributed by atoms with E-state index in [4.69, 9.17) is 5.73 Å². The van der Waals surface area contributed by atoms with Crippen molar-refractivity contribution >= 4 is 38.6 Å². The predicted octanol–water partition coefficient (Wildman–Crippen LogP) is 4.57. The lowest BCUT2D eigenvalue weighted by molar-refractivity contribution is 0.907. The predicted molar refractivity (Wildman–Crippen MR) is 79.6 cm³/mol. The third-order valence-electron chi connectivity index (χ3n) is 2.55. The van der Waals surface area contributed by atoms with Gasteiger partial charge in [0.15, 0.2) is 0 Å². The summed E-state index contributed by atoms with van der Waals surface area (Å²) in [6.45, 7) is 4.29. The number of nitrogen functional groups attached to an aromatic ring is 1. The van der Waals surface area contributed by atoms with Crippen molar-refractivity contribution in [2.45, 2.75) is 19.9 Å². The van der Waals surface area contributed by atoms with E-state index in [1.807, 2.05) is 29.5 Å². The minimum Gasteiger partial charge on any atom is -0.399 e. The molecular formula is C13H15BrN2S. The van der Waals surface area contributed by atoms with Crippen LogP contribution in [0, 0.1) is 6.92 Å². The minimum absolute atomic E-state index is 0.300. The van der Waals surface area contributed by atoms with Crippen molar-refractivity contribution < 1.29 is 0 Å². The maximum Gasteiger partial charge on any atom is 0.0578 e. The van der Waals surface area contributed by atoms with E-state index >= 15 is 0 Å². The smallest absolute Gasteiger partial charge is 0.0578 e. The lowest BCUT2D eigenvalue weighted by Crippen LogP contribution is -2.05. The lowest BCUT2D eigenvalue weighted by Gasteiger charge is -2.15. The second kappa shape index (κ2) is 5.10. The van der Waals surface area contributed by atoms with Gasteiger partial charge in [0.05, 0.1) is 6.04 Å². The molecule has 0 spiro atoms. The van der Waals surface area contributed by atoms with Crippen molar-refractivity contribution in [3.05, 3.63) is 44.6 Å². The Bertz CT molecular complexity index is 522. The summed E-state index contributed by atoms with van der Waals surface area (Å²) in [7, 11) is 0. The van der Waals surface area contributed by atoms with Crippen LogP contribution in [0.3, 0.4) is 0 Å². The Morgan fingerprint density at radius 1 is 1.29 bits per heavy atom. The fourth-order valence-electron chi connectivity index (χ4n) is 1.64. The Balaban J connectivity index is 2.15. The highest BCUT2D eigenvalue weighted by Gasteiger charge is 2.09. The molecule has 0 fully saturated rings. The normalized spacial score (nSPS) is 12.4. The molecule has 0 aliphatic carbocycles. The fraction of sp³-hybridized carbons (Fsp3) is 0.231. The second-order valence-electron chi connectivity index (χ2n) is 4.05. The van der Waals surface area contributed by atoms with Crippen LogP contribution >= 0.6 is 27.3 Å². The average Bonchev–Trinajstić information content (AvgIpc) is 2.69.